The van der Waals surface area contributed by atoms with Crippen LogP contribution >= 0.6 is 11.3 Å². The molecule has 0 saturated carbocycles. The Bertz CT molecular complexity index is 2810. The molecule has 1 aliphatic carbocycles. The maximum absolute atomic E-state index is 2.48. The van der Waals surface area contributed by atoms with Crippen LogP contribution in [0.15, 0.2) is 188 Å². The third kappa shape index (κ3) is 5.05. The fourth-order valence-electron chi connectivity index (χ4n) is 8.57. The van der Waals surface area contributed by atoms with Crippen LogP contribution in [0.2, 0.25) is 0 Å². The van der Waals surface area contributed by atoms with Crippen LogP contribution in [0.25, 0.3) is 64.7 Å². The van der Waals surface area contributed by atoms with Crippen molar-refractivity contribution in [3.05, 3.63) is 199 Å². The van der Waals surface area contributed by atoms with E-state index in [1.165, 1.54) is 75.8 Å². The molecule has 2 heteroatoms. The Morgan fingerprint density at radius 3 is 1.70 bits per heavy atom. The Hall–Kier alpha value is -6.22. The van der Waals surface area contributed by atoms with Crippen molar-refractivity contribution in [3.63, 3.8) is 0 Å². The van der Waals surface area contributed by atoms with E-state index in [-0.39, 0.29) is 5.41 Å². The van der Waals surface area contributed by atoms with Gasteiger partial charge in [-0.3, -0.25) is 0 Å². The van der Waals surface area contributed by atoms with Crippen molar-refractivity contribution in [2.24, 2.45) is 0 Å². The monoisotopic (exact) mass is 695 g/mol. The summed E-state index contributed by atoms with van der Waals surface area (Å²) in [6, 6.07) is 69.0. The molecule has 1 nitrogen and oxygen atoms in total. The molecule has 9 aromatic rings. The average Bonchev–Trinajstić information content (AvgIpc) is 3.71. The molecule has 1 aliphatic rings. The summed E-state index contributed by atoms with van der Waals surface area (Å²) in [5.74, 6) is 0. The summed E-state index contributed by atoms with van der Waals surface area (Å²) in [6.07, 6.45) is 0. The van der Waals surface area contributed by atoms with E-state index in [2.05, 4.69) is 207 Å². The Balaban J connectivity index is 1.23. The van der Waals surface area contributed by atoms with Gasteiger partial charge < -0.3 is 4.90 Å². The summed E-state index contributed by atoms with van der Waals surface area (Å²) >= 11 is 1.88. The number of hydrogen-bond acceptors (Lipinski definition) is 2. The highest BCUT2D eigenvalue weighted by Gasteiger charge is 2.37. The van der Waals surface area contributed by atoms with Crippen molar-refractivity contribution in [2.75, 3.05) is 4.90 Å². The van der Waals surface area contributed by atoms with Gasteiger partial charge in [-0.05, 0) is 69.3 Å². The number of hydrogen-bond donors (Lipinski definition) is 0. The summed E-state index contributed by atoms with van der Waals surface area (Å²) in [5.41, 5.74) is 16.1. The largest absolute Gasteiger partial charge is 0.309 e. The summed E-state index contributed by atoms with van der Waals surface area (Å²) in [4.78, 5) is 2.48. The zero-order chi connectivity index (χ0) is 35.5. The standard InChI is InChI=1S/C51H37NS/c1-51(2)44-25-10-6-21-43(44)49-40(22-15-26-45(49)51)37-18-7-11-27-46(37)52(36-32-30-35(31-33-36)34-16-4-3-5-17-34)47-28-12-8-19-38(47)41-23-14-24-42-39-20-9-13-29-48(39)53-50(41)42/h3-33H,1-2H3. The molecule has 0 amide bonds. The van der Waals surface area contributed by atoms with Crippen molar-refractivity contribution in [1.82, 2.24) is 0 Å². The molecule has 53 heavy (non-hydrogen) atoms. The van der Waals surface area contributed by atoms with Gasteiger partial charge in [0.2, 0.25) is 0 Å². The number of thiophene rings is 1. The van der Waals surface area contributed by atoms with Crippen molar-refractivity contribution in [3.8, 4) is 44.5 Å². The van der Waals surface area contributed by atoms with Gasteiger partial charge in [0.15, 0.2) is 0 Å². The van der Waals surface area contributed by atoms with Crippen molar-refractivity contribution >= 4 is 48.6 Å². The van der Waals surface area contributed by atoms with Gasteiger partial charge in [-0.1, -0.05) is 172 Å². The molecule has 10 rings (SSSR count). The number of para-hydroxylation sites is 2. The smallest absolute Gasteiger partial charge is 0.0540 e. The van der Waals surface area contributed by atoms with Crippen LogP contribution in [-0.4, -0.2) is 0 Å². The minimum Gasteiger partial charge on any atom is -0.309 e. The third-order valence-electron chi connectivity index (χ3n) is 11.1. The van der Waals surface area contributed by atoms with Crippen LogP contribution in [0.5, 0.6) is 0 Å². The number of fused-ring (bicyclic) bond motifs is 6. The van der Waals surface area contributed by atoms with E-state index in [0.29, 0.717) is 0 Å². The van der Waals surface area contributed by atoms with Crippen molar-refractivity contribution < 1.29 is 0 Å². The fraction of sp³-hybridized carbons (Fsp3) is 0.0588. The number of anilines is 3. The van der Waals surface area contributed by atoms with Gasteiger partial charge >= 0.3 is 0 Å². The minimum absolute atomic E-state index is 0.0840. The van der Waals surface area contributed by atoms with Gasteiger partial charge in [0.05, 0.1) is 11.4 Å². The van der Waals surface area contributed by atoms with E-state index in [1.54, 1.807) is 0 Å². The summed E-state index contributed by atoms with van der Waals surface area (Å²) in [6.45, 7) is 4.72. The van der Waals surface area contributed by atoms with E-state index in [0.717, 1.165) is 17.1 Å². The van der Waals surface area contributed by atoms with Crippen molar-refractivity contribution in [2.45, 2.75) is 19.3 Å². The zero-order valence-corrected chi connectivity index (χ0v) is 30.6. The normalized spacial score (nSPS) is 12.9. The lowest BCUT2D eigenvalue weighted by molar-refractivity contribution is 0.660. The van der Waals surface area contributed by atoms with Gasteiger partial charge in [-0.2, -0.15) is 0 Å². The van der Waals surface area contributed by atoms with E-state index in [4.69, 9.17) is 0 Å². The van der Waals surface area contributed by atoms with Gasteiger partial charge in [0.25, 0.3) is 0 Å². The van der Waals surface area contributed by atoms with Crippen LogP contribution in [0.4, 0.5) is 17.1 Å². The van der Waals surface area contributed by atoms with Crippen molar-refractivity contribution in [1.29, 1.82) is 0 Å². The molecule has 0 saturated heterocycles. The summed E-state index contributed by atoms with van der Waals surface area (Å²) in [7, 11) is 0. The number of nitrogens with zero attached hydrogens (tertiary/aromatic N) is 1. The lowest BCUT2D eigenvalue weighted by atomic mass is 9.82. The second kappa shape index (κ2) is 12.5. The molecule has 0 aliphatic heterocycles. The van der Waals surface area contributed by atoms with Gasteiger partial charge in [-0.25, -0.2) is 0 Å². The molecule has 0 spiro atoms. The molecule has 0 atom stereocenters. The van der Waals surface area contributed by atoms with Crippen LogP contribution in [0, 0.1) is 0 Å². The Morgan fingerprint density at radius 2 is 0.925 bits per heavy atom. The molecule has 1 aromatic heterocycles. The Morgan fingerprint density at radius 1 is 0.396 bits per heavy atom. The quantitative estimate of drug-likeness (QED) is 0.167. The molecular formula is C51H37NS. The van der Waals surface area contributed by atoms with E-state index in [9.17, 15) is 0 Å². The van der Waals surface area contributed by atoms with Crippen LogP contribution in [0.3, 0.4) is 0 Å². The fourth-order valence-corrected chi connectivity index (χ4v) is 9.80. The molecule has 1 heterocycles. The van der Waals surface area contributed by atoms with Crippen LogP contribution < -0.4 is 4.90 Å². The summed E-state index contributed by atoms with van der Waals surface area (Å²) < 4.78 is 2.63. The predicted molar refractivity (Wildman–Crippen MR) is 228 cm³/mol. The molecule has 0 N–H and O–H groups in total. The first-order chi connectivity index (χ1) is 26.1. The first kappa shape index (κ1) is 31.5. The number of benzene rings is 8. The predicted octanol–water partition coefficient (Wildman–Crippen LogP) is 14.8. The third-order valence-corrected chi connectivity index (χ3v) is 12.3. The zero-order valence-electron chi connectivity index (χ0n) is 29.8. The minimum atomic E-state index is -0.0840. The first-order valence-corrected chi connectivity index (χ1v) is 19.2. The molecule has 0 fully saturated rings. The lowest BCUT2D eigenvalue weighted by Crippen LogP contribution is -2.15. The highest BCUT2D eigenvalue weighted by Crippen LogP contribution is 2.54. The molecule has 0 radical (unpaired) electrons. The topological polar surface area (TPSA) is 3.24 Å². The molecule has 0 bridgehead atoms. The van der Waals surface area contributed by atoms with Gasteiger partial charge in [-0.15, -0.1) is 11.3 Å². The van der Waals surface area contributed by atoms with Crippen LogP contribution in [0.1, 0.15) is 25.0 Å². The second-order valence-corrected chi connectivity index (χ2v) is 15.5. The summed E-state index contributed by atoms with van der Waals surface area (Å²) in [5, 5.41) is 2.62. The van der Waals surface area contributed by atoms with E-state index in [1.807, 2.05) is 11.3 Å². The van der Waals surface area contributed by atoms with E-state index >= 15 is 0 Å². The molecular weight excluding hydrogens is 659 g/mol. The molecule has 0 unspecified atom stereocenters. The maximum atomic E-state index is 2.48. The average molecular weight is 696 g/mol. The molecule has 252 valence electrons. The second-order valence-electron chi connectivity index (χ2n) is 14.5. The highest BCUT2D eigenvalue weighted by molar-refractivity contribution is 7.26. The highest BCUT2D eigenvalue weighted by atomic mass is 32.1. The molecule has 8 aromatic carbocycles. The Labute approximate surface area is 315 Å². The first-order valence-electron chi connectivity index (χ1n) is 18.4. The SMILES string of the molecule is CC1(C)c2ccccc2-c2c(-c3ccccc3N(c3ccc(-c4ccccc4)cc3)c3ccccc3-c3cccc4c3sc3ccccc34)cccc21. The maximum Gasteiger partial charge on any atom is 0.0540 e. The lowest BCUT2D eigenvalue weighted by Gasteiger charge is -2.30. The number of rotatable bonds is 6. The Kier molecular flexibility index (Phi) is 7.42. The van der Waals surface area contributed by atoms with Crippen LogP contribution in [-0.2, 0) is 5.41 Å². The van der Waals surface area contributed by atoms with Gasteiger partial charge in [0.1, 0.15) is 0 Å². The van der Waals surface area contributed by atoms with Gasteiger partial charge in [0, 0.05) is 48.0 Å². The van der Waals surface area contributed by atoms with E-state index < -0.39 is 0 Å².